The van der Waals surface area contributed by atoms with Gasteiger partial charge in [0.05, 0.1) is 19.0 Å². The van der Waals surface area contributed by atoms with E-state index in [1.54, 1.807) is 44.2 Å². The Morgan fingerprint density at radius 3 is 2.02 bits per heavy atom. The maximum atomic E-state index is 12.8. The first-order valence-corrected chi connectivity index (χ1v) is 13.2. The Morgan fingerprint density at radius 2 is 1.48 bits per heavy atom. The van der Waals surface area contributed by atoms with Crippen LogP contribution >= 0.6 is 0 Å². The molecule has 16 heteroatoms. The molecular formula is C26H40N8O8. The number of amides is 4. The minimum Gasteiger partial charge on any atom is -0.481 e. The molecule has 0 spiro atoms. The molecule has 0 aromatic heterocycles. The van der Waals surface area contributed by atoms with E-state index in [0.717, 1.165) is 0 Å². The van der Waals surface area contributed by atoms with Crippen molar-refractivity contribution in [1.82, 2.24) is 21.3 Å². The third-order valence-corrected chi connectivity index (χ3v) is 5.95. The van der Waals surface area contributed by atoms with Gasteiger partial charge in [-0.2, -0.15) is 0 Å². The van der Waals surface area contributed by atoms with Crippen LogP contribution in [-0.2, 0) is 35.2 Å². The molecule has 0 saturated heterocycles. The van der Waals surface area contributed by atoms with Crippen molar-refractivity contribution in [3.63, 3.8) is 0 Å². The van der Waals surface area contributed by atoms with Crippen LogP contribution in [0.3, 0.4) is 0 Å². The first-order chi connectivity index (χ1) is 19.7. The number of nitrogens with one attached hydrogen (secondary N) is 4. The molecule has 16 nitrogen and oxygen atoms in total. The molecule has 0 bridgehead atoms. The van der Waals surface area contributed by atoms with Gasteiger partial charge in [-0.1, -0.05) is 44.2 Å². The maximum absolute atomic E-state index is 12.8. The van der Waals surface area contributed by atoms with Crippen molar-refractivity contribution in [2.24, 2.45) is 28.1 Å². The molecule has 1 aromatic carbocycles. The zero-order chi connectivity index (χ0) is 31.8. The number of aliphatic imine (C=N–C) groups is 1. The summed E-state index contributed by atoms with van der Waals surface area (Å²) in [5, 5.41) is 28.1. The molecule has 0 saturated carbocycles. The van der Waals surface area contributed by atoms with Gasteiger partial charge in [0, 0.05) is 13.0 Å². The van der Waals surface area contributed by atoms with Crippen LogP contribution < -0.4 is 38.5 Å². The van der Waals surface area contributed by atoms with Crippen molar-refractivity contribution >= 4 is 41.5 Å². The van der Waals surface area contributed by atoms with Crippen molar-refractivity contribution < 1.29 is 39.0 Å². The second-order valence-corrected chi connectivity index (χ2v) is 9.80. The third kappa shape index (κ3) is 13.6. The van der Waals surface area contributed by atoms with Crippen LogP contribution in [0.4, 0.5) is 0 Å². The lowest BCUT2D eigenvalue weighted by atomic mass is 10.0. The van der Waals surface area contributed by atoms with Crippen molar-refractivity contribution in [3.05, 3.63) is 35.9 Å². The van der Waals surface area contributed by atoms with Crippen LogP contribution in [0.25, 0.3) is 0 Å². The first kappa shape index (κ1) is 35.3. The van der Waals surface area contributed by atoms with E-state index in [9.17, 15) is 39.0 Å². The van der Waals surface area contributed by atoms with Gasteiger partial charge in [0.25, 0.3) is 0 Å². The van der Waals surface area contributed by atoms with Crippen molar-refractivity contribution in [2.75, 3.05) is 13.1 Å². The van der Waals surface area contributed by atoms with E-state index in [-0.39, 0.29) is 31.3 Å². The summed E-state index contributed by atoms with van der Waals surface area (Å²) in [7, 11) is 0. The van der Waals surface area contributed by atoms with E-state index in [1.807, 2.05) is 0 Å². The Bertz CT molecular complexity index is 1120. The Labute approximate surface area is 242 Å². The highest BCUT2D eigenvalue weighted by atomic mass is 16.4. The second-order valence-electron chi connectivity index (χ2n) is 9.80. The number of carboxylic acid groups (broad SMARTS) is 2. The summed E-state index contributed by atoms with van der Waals surface area (Å²) in [4.78, 5) is 77.5. The van der Waals surface area contributed by atoms with Crippen molar-refractivity contribution in [3.8, 4) is 0 Å². The number of carboxylic acids is 2. The van der Waals surface area contributed by atoms with Gasteiger partial charge in [-0.05, 0) is 24.3 Å². The summed E-state index contributed by atoms with van der Waals surface area (Å²) in [6.07, 6.45) is -0.529. The zero-order valence-electron chi connectivity index (χ0n) is 23.5. The van der Waals surface area contributed by atoms with Gasteiger partial charge in [-0.3, -0.25) is 29.0 Å². The van der Waals surface area contributed by atoms with Gasteiger partial charge in [-0.25, -0.2) is 4.79 Å². The predicted octanol–water partition coefficient (Wildman–Crippen LogP) is -2.60. The molecule has 4 amide bonds. The minimum atomic E-state index is -1.64. The largest absolute Gasteiger partial charge is 0.481 e. The van der Waals surface area contributed by atoms with Crippen LogP contribution in [0.2, 0.25) is 0 Å². The number of carbonyl (C=O) groups is 6. The second kappa shape index (κ2) is 17.9. The quantitative estimate of drug-likeness (QED) is 0.0484. The van der Waals surface area contributed by atoms with Crippen LogP contribution in [-0.4, -0.2) is 89.0 Å². The fourth-order valence-corrected chi connectivity index (χ4v) is 3.59. The summed E-state index contributed by atoms with van der Waals surface area (Å²) < 4.78 is 0. The number of aliphatic carboxylic acids is 2. The fourth-order valence-electron chi connectivity index (χ4n) is 3.59. The summed E-state index contributed by atoms with van der Waals surface area (Å²) in [5.74, 6) is -6.44. The van der Waals surface area contributed by atoms with Crippen LogP contribution in [0.15, 0.2) is 35.3 Å². The van der Waals surface area contributed by atoms with Crippen LogP contribution in [0.1, 0.15) is 38.7 Å². The molecule has 12 N–H and O–H groups in total. The normalized spacial score (nSPS) is 13.5. The average Bonchev–Trinajstić information content (AvgIpc) is 2.92. The summed E-state index contributed by atoms with van der Waals surface area (Å²) in [6.45, 7) is 2.95. The Kier molecular flexibility index (Phi) is 15.0. The van der Waals surface area contributed by atoms with E-state index in [1.165, 1.54) is 0 Å². The van der Waals surface area contributed by atoms with E-state index < -0.39 is 72.7 Å². The Hall–Kier alpha value is -4.73. The lowest BCUT2D eigenvalue weighted by molar-refractivity contribution is -0.143. The summed E-state index contributed by atoms with van der Waals surface area (Å²) in [5.41, 5.74) is 17.1. The molecule has 4 atom stereocenters. The van der Waals surface area contributed by atoms with Gasteiger partial charge in [-0.15, -0.1) is 0 Å². The topological polar surface area (TPSA) is 281 Å². The van der Waals surface area contributed by atoms with Gasteiger partial charge < -0.3 is 48.7 Å². The number of carbonyl (C=O) groups excluding carboxylic acids is 4. The molecule has 0 aliphatic heterocycles. The molecular weight excluding hydrogens is 552 g/mol. The minimum absolute atomic E-state index is 0.0809. The number of hydrogen-bond donors (Lipinski definition) is 9. The molecule has 42 heavy (non-hydrogen) atoms. The monoisotopic (exact) mass is 592 g/mol. The molecule has 1 aromatic rings. The third-order valence-electron chi connectivity index (χ3n) is 5.95. The number of guanidine groups is 1. The summed E-state index contributed by atoms with van der Waals surface area (Å²) in [6, 6.07) is 3.41. The van der Waals surface area contributed by atoms with Crippen molar-refractivity contribution in [2.45, 2.75) is 63.7 Å². The number of hydrogen-bond acceptors (Lipinski definition) is 8. The van der Waals surface area contributed by atoms with Gasteiger partial charge >= 0.3 is 11.9 Å². The number of nitrogens with zero attached hydrogens (tertiary/aromatic N) is 1. The molecule has 0 radical (unpaired) electrons. The van der Waals surface area contributed by atoms with E-state index in [0.29, 0.717) is 12.0 Å². The maximum Gasteiger partial charge on any atom is 0.326 e. The van der Waals surface area contributed by atoms with E-state index in [2.05, 4.69) is 26.3 Å². The number of benzene rings is 1. The van der Waals surface area contributed by atoms with Gasteiger partial charge in [0.15, 0.2) is 5.96 Å². The Balaban J connectivity index is 2.87. The lowest BCUT2D eigenvalue weighted by Gasteiger charge is -2.23. The standard InChI is InChI=1S/C26H40N8O8/c1-14(2)21(27)24(40)33-16(9-6-10-30-26(28)29)22(38)31-13-19(35)32-17(12-20(36)37)23(39)34-18(25(41)42)11-15-7-4-3-5-8-15/h3-5,7-8,14,16-18,21H,6,9-13,27H2,1-2H3,(H,31,38)(H,32,35)(H,33,40)(H,34,39)(H,36,37)(H,41,42)(H4,28,29,30)/t16-,17-,18+,21-/m0/s1. The molecule has 0 heterocycles. The predicted molar refractivity (Wildman–Crippen MR) is 152 cm³/mol. The van der Waals surface area contributed by atoms with Gasteiger partial charge in [0.1, 0.15) is 18.1 Å². The van der Waals surface area contributed by atoms with E-state index >= 15 is 0 Å². The molecule has 1 rings (SSSR count). The number of nitrogens with two attached hydrogens (primary N) is 3. The highest BCUT2D eigenvalue weighted by molar-refractivity contribution is 5.95. The molecule has 0 fully saturated rings. The molecule has 0 aliphatic carbocycles. The van der Waals surface area contributed by atoms with Crippen LogP contribution in [0, 0.1) is 5.92 Å². The highest BCUT2D eigenvalue weighted by Crippen LogP contribution is 2.06. The van der Waals surface area contributed by atoms with Crippen molar-refractivity contribution in [1.29, 1.82) is 0 Å². The molecule has 0 aliphatic rings. The molecule has 0 unspecified atom stereocenters. The smallest absolute Gasteiger partial charge is 0.326 e. The average molecular weight is 593 g/mol. The fraction of sp³-hybridized carbons (Fsp3) is 0.500. The molecule has 232 valence electrons. The van der Waals surface area contributed by atoms with E-state index in [4.69, 9.17) is 17.2 Å². The summed E-state index contributed by atoms with van der Waals surface area (Å²) >= 11 is 0. The zero-order valence-corrected chi connectivity index (χ0v) is 23.5. The van der Waals surface area contributed by atoms with Gasteiger partial charge in [0.2, 0.25) is 23.6 Å². The highest BCUT2D eigenvalue weighted by Gasteiger charge is 2.29. The SMILES string of the molecule is CC(C)[C@H](N)C(=O)N[C@@H](CCCN=C(N)N)C(=O)NCC(=O)N[C@@H](CC(=O)O)C(=O)N[C@H](Cc1ccccc1)C(=O)O. The lowest BCUT2D eigenvalue weighted by Crippen LogP contribution is -2.56. The van der Waals surface area contributed by atoms with Crippen LogP contribution in [0.5, 0.6) is 0 Å². The first-order valence-electron chi connectivity index (χ1n) is 13.2. The number of rotatable bonds is 18. The Morgan fingerprint density at radius 1 is 0.857 bits per heavy atom.